The average molecular weight is 274 g/mol. The SMILES string of the molecule is Cc1cc(C(=O)C2CC2)n(C)c1-c1ccc(Cl)cc1. The van der Waals surface area contributed by atoms with Crippen LogP contribution in [0.2, 0.25) is 5.02 Å². The topological polar surface area (TPSA) is 22.0 Å². The molecule has 1 heterocycles. The maximum atomic E-state index is 12.2. The minimum atomic E-state index is 0.256. The number of aromatic nitrogens is 1. The van der Waals surface area contributed by atoms with Gasteiger partial charge in [-0.25, -0.2) is 0 Å². The summed E-state index contributed by atoms with van der Waals surface area (Å²) in [5.74, 6) is 0.539. The van der Waals surface area contributed by atoms with E-state index in [-0.39, 0.29) is 11.7 Å². The molecule has 2 aromatic rings. The normalized spacial score (nSPS) is 14.7. The van der Waals surface area contributed by atoms with E-state index in [0.717, 1.165) is 40.4 Å². The lowest BCUT2D eigenvalue weighted by molar-refractivity contribution is 0.0960. The first-order chi connectivity index (χ1) is 9.08. The van der Waals surface area contributed by atoms with Gasteiger partial charge in [-0.1, -0.05) is 23.7 Å². The van der Waals surface area contributed by atoms with Crippen LogP contribution in [0.4, 0.5) is 0 Å². The van der Waals surface area contributed by atoms with Crippen molar-refractivity contribution in [3.8, 4) is 11.3 Å². The van der Waals surface area contributed by atoms with E-state index in [2.05, 4.69) is 0 Å². The number of hydrogen-bond donors (Lipinski definition) is 0. The summed E-state index contributed by atoms with van der Waals surface area (Å²) in [7, 11) is 1.96. The lowest BCUT2D eigenvalue weighted by Crippen LogP contribution is -2.08. The van der Waals surface area contributed by atoms with E-state index in [9.17, 15) is 4.79 Å². The zero-order valence-corrected chi connectivity index (χ0v) is 11.9. The van der Waals surface area contributed by atoms with Crippen LogP contribution in [0, 0.1) is 12.8 Å². The highest BCUT2D eigenvalue weighted by Gasteiger charge is 2.32. The summed E-state index contributed by atoms with van der Waals surface area (Å²) >= 11 is 5.92. The summed E-state index contributed by atoms with van der Waals surface area (Å²) in [4.78, 5) is 12.2. The van der Waals surface area contributed by atoms with Gasteiger partial charge in [0.25, 0.3) is 0 Å². The fraction of sp³-hybridized carbons (Fsp3) is 0.312. The Hall–Kier alpha value is -1.54. The lowest BCUT2D eigenvalue weighted by Gasteiger charge is -2.08. The first-order valence-corrected chi connectivity index (χ1v) is 6.92. The molecular formula is C16H16ClNO. The quantitative estimate of drug-likeness (QED) is 0.767. The summed E-state index contributed by atoms with van der Waals surface area (Å²) in [5, 5.41) is 0.727. The van der Waals surface area contributed by atoms with Gasteiger partial charge in [-0.15, -0.1) is 0 Å². The maximum absolute atomic E-state index is 12.2. The van der Waals surface area contributed by atoms with Crippen molar-refractivity contribution in [2.24, 2.45) is 13.0 Å². The minimum Gasteiger partial charge on any atom is -0.341 e. The van der Waals surface area contributed by atoms with E-state index >= 15 is 0 Å². The van der Waals surface area contributed by atoms with Crippen molar-refractivity contribution in [1.29, 1.82) is 0 Å². The van der Waals surface area contributed by atoms with Crippen molar-refractivity contribution in [3.63, 3.8) is 0 Å². The van der Waals surface area contributed by atoms with E-state index in [0.29, 0.717) is 0 Å². The molecule has 0 amide bonds. The Morgan fingerprint density at radius 3 is 2.47 bits per heavy atom. The Morgan fingerprint density at radius 1 is 1.26 bits per heavy atom. The molecule has 1 fully saturated rings. The highest BCUT2D eigenvalue weighted by molar-refractivity contribution is 6.30. The number of carbonyl (C=O) groups is 1. The smallest absolute Gasteiger partial charge is 0.182 e. The van der Waals surface area contributed by atoms with Crippen LogP contribution in [-0.4, -0.2) is 10.4 Å². The number of Topliss-reactive ketones (excluding diaryl/α,β-unsaturated/α-hetero) is 1. The molecule has 98 valence electrons. The largest absolute Gasteiger partial charge is 0.341 e. The third-order valence-corrected chi connectivity index (χ3v) is 3.99. The molecule has 1 saturated carbocycles. The first kappa shape index (κ1) is 12.5. The van der Waals surface area contributed by atoms with Gasteiger partial charge in [-0.05, 0) is 49.1 Å². The zero-order chi connectivity index (χ0) is 13.6. The Kier molecular flexibility index (Phi) is 2.98. The molecule has 1 aromatic heterocycles. The summed E-state index contributed by atoms with van der Waals surface area (Å²) in [5.41, 5.74) is 4.15. The molecule has 1 aromatic carbocycles. The van der Waals surface area contributed by atoms with Crippen LogP contribution in [0.1, 0.15) is 28.9 Å². The summed E-state index contributed by atoms with van der Waals surface area (Å²) in [6, 6.07) is 9.76. The molecule has 3 heteroatoms. The number of hydrogen-bond acceptors (Lipinski definition) is 1. The van der Waals surface area contributed by atoms with Crippen LogP contribution >= 0.6 is 11.6 Å². The van der Waals surface area contributed by atoms with Crippen LogP contribution in [-0.2, 0) is 7.05 Å². The van der Waals surface area contributed by atoms with E-state index < -0.39 is 0 Å². The van der Waals surface area contributed by atoms with Gasteiger partial charge in [0.2, 0.25) is 0 Å². The average Bonchev–Trinajstić information content (AvgIpc) is 3.18. The molecule has 1 aliphatic rings. The van der Waals surface area contributed by atoms with Crippen molar-refractivity contribution in [2.45, 2.75) is 19.8 Å². The number of ketones is 1. The fourth-order valence-electron chi connectivity index (χ4n) is 2.58. The van der Waals surface area contributed by atoms with Gasteiger partial charge >= 0.3 is 0 Å². The van der Waals surface area contributed by atoms with Gasteiger partial charge < -0.3 is 4.57 Å². The van der Waals surface area contributed by atoms with Gasteiger partial charge in [0.15, 0.2) is 5.78 Å². The van der Waals surface area contributed by atoms with E-state index in [1.54, 1.807) is 0 Å². The molecule has 3 rings (SSSR count). The van der Waals surface area contributed by atoms with E-state index in [4.69, 9.17) is 11.6 Å². The molecule has 0 N–H and O–H groups in total. The Labute approximate surface area is 118 Å². The van der Waals surface area contributed by atoms with Crippen LogP contribution in [0.15, 0.2) is 30.3 Å². The predicted octanol–water partition coefficient (Wildman–Crippen LogP) is 4.25. The zero-order valence-electron chi connectivity index (χ0n) is 11.1. The lowest BCUT2D eigenvalue weighted by atomic mass is 10.1. The Morgan fingerprint density at radius 2 is 1.89 bits per heavy atom. The van der Waals surface area contributed by atoms with Gasteiger partial charge in [-0.3, -0.25) is 4.79 Å². The highest BCUT2D eigenvalue weighted by Crippen LogP contribution is 2.35. The molecule has 2 nitrogen and oxygen atoms in total. The Bertz CT molecular complexity index is 636. The third-order valence-electron chi connectivity index (χ3n) is 3.74. The fourth-order valence-corrected chi connectivity index (χ4v) is 2.70. The molecule has 0 aliphatic heterocycles. The van der Waals surface area contributed by atoms with Crippen molar-refractivity contribution >= 4 is 17.4 Å². The molecule has 0 unspecified atom stereocenters. The maximum Gasteiger partial charge on any atom is 0.182 e. The molecule has 0 radical (unpaired) electrons. The molecule has 19 heavy (non-hydrogen) atoms. The molecule has 0 saturated heterocycles. The van der Waals surface area contributed by atoms with E-state index in [1.165, 1.54) is 0 Å². The second-order valence-corrected chi connectivity index (χ2v) is 5.70. The number of aryl methyl sites for hydroxylation is 1. The van der Waals surface area contributed by atoms with Crippen molar-refractivity contribution in [1.82, 2.24) is 4.57 Å². The van der Waals surface area contributed by atoms with Crippen molar-refractivity contribution in [3.05, 3.63) is 46.6 Å². The predicted molar refractivity (Wildman–Crippen MR) is 77.7 cm³/mol. The van der Waals surface area contributed by atoms with Crippen molar-refractivity contribution < 1.29 is 4.79 Å². The summed E-state index contributed by atoms with van der Waals surface area (Å²) < 4.78 is 2.01. The van der Waals surface area contributed by atoms with Crippen LogP contribution in [0.25, 0.3) is 11.3 Å². The molecule has 0 bridgehead atoms. The van der Waals surface area contributed by atoms with Crippen LogP contribution in [0.3, 0.4) is 0 Å². The van der Waals surface area contributed by atoms with Crippen molar-refractivity contribution in [2.75, 3.05) is 0 Å². The van der Waals surface area contributed by atoms with Gasteiger partial charge in [0.05, 0.1) is 11.4 Å². The molecule has 0 atom stereocenters. The van der Waals surface area contributed by atoms with Crippen LogP contribution in [0.5, 0.6) is 0 Å². The second kappa shape index (κ2) is 4.53. The molecule has 0 spiro atoms. The standard InChI is InChI=1S/C16H16ClNO/c1-10-9-14(16(19)12-3-4-12)18(2)15(10)11-5-7-13(17)8-6-11/h5-9,12H,3-4H2,1-2H3. The number of rotatable bonds is 3. The van der Waals surface area contributed by atoms with E-state index in [1.807, 2.05) is 48.9 Å². The molecule has 1 aliphatic carbocycles. The van der Waals surface area contributed by atoms with Gasteiger partial charge in [0, 0.05) is 18.0 Å². The third kappa shape index (κ3) is 2.21. The van der Waals surface area contributed by atoms with Gasteiger partial charge in [0.1, 0.15) is 0 Å². The molecular weight excluding hydrogens is 258 g/mol. The Balaban J connectivity index is 2.06. The van der Waals surface area contributed by atoms with Crippen LogP contribution < -0.4 is 0 Å². The minimum absolute atomic E-state index is 0.256. The second-order valence-electron chi connectivity index (χ2n) is 5.27. The summed E-state index contributed by atoms with van der Waals surface area (Å²) in [6.07, 6.45) is 2.08. The number of halogens is 1. The number of benzene rings is 1. The number of carbonyl (C=O) groups excluding carboxylic acids is 1. The van der Waals surface area contributed by atoms with Gasteiger partial charge in [-0.2, -0.15) is 0 Å². The summed E-state index contributed by atoms with van der Waals surface area (Å²) in [6.45, 7) is 2.05. The monoisotopic (exact) mass is 273 g/mol. The highest BCUT2D eigenvalue weighted by atomic mass is 35.5. The first-order valence-electron chi connectivity index (χ1n) is 6.54. The number of nitrogens with zero attached hydrogens (tertiary/aromatic N) is 1.